The van der Waals surface area contributed by atoms with Gasteiger partial charge >= 0.3 is 5.97 Å². The lowest BCUT2D eigenvalue weighted by molar-refractivity contribution is -0.144. The number of benzene rings is 1. The van der Waals surface area contributed by atoms with Crippen LogP contribution in [0.5, 0.6) is 0 Å². The molecule has 0 fully saturated rings. The number of hydrogen-bond acceptors (Lipinski definition) is 4. The minimum absolute atomic E-state index is 0.0173. The first-order valence-corrected chi connectivity index (χ1v) is 8.77. The highest BCUT2D eigenvalue weighted by Crippen LogP contribution is 2.08. The Bertz CT molecular complexity index is 616. The van der Waals surface area contributed by atoms with E-state index in [1.165, 1.54) is 19.4 Å². The Labute approximate surface area is 155 Å². The second-order valence-electron chi connectivity index (χ2n) is 6.39. The van der Waals surface area contributed by atoms with Crippen LogP contribution in [0.25, 0.3) is 0 Å². The highest BCUT2D eigenvalue weighted by molar-refractivity contribution is 5.79. The van der Waals surface area contributed by atoms with E-state index in [4.69, 9.17) is 0 Å². The summed E-state index contributed by atoms with van der Waals surface area (Å²) in [5, 5.41) is 11.9. The second kappa shape index (κ2) is 10.6. The van der Waals surface area contributed by atoms with Gasteiger partial charge in [-0.15, -0.1) is 0 Å². The third-order valence-electron chi connectivity index (χ3n) is 4.29. The van der Waals surface area contributed by atoms with Gasteiger partial charge in [-0.25, -0.2) is 0 Å². The number of nitrogens with zero attached hydrogens (tertiary/aromatic N) is 2. The topological polar surface area (TPSA) is 90.0 Å². The third kappa shape index (κ3) is 7.23. The summed E-state index contributed by atoms with van der Waals surface area (Å²) >= 11 is 0. The van der Waals surface area contributed by atoms with Crippen LogP contribution in [0.3, 0.4) is 0 Å². The molecule has 0 spiro atoms. The van der Waals surface area contributed by atoms with E-state index in [9.17, 15) is 19.5 Å². The van der Waals surface area contributed by atoms with Gasteiger partial charge in [0.15, 0.2) is 0 Å². The number of carboxylic acid groups (broad SMARTS) is 1. The van der Waals surface area contributed by atoms with E-state index >= 15 is 0 Å². The van der Waals surface area contributed by atoms with Crippen LogP contribution in [-0.2, 0) is 27.3 Å². The van der Waals surface area contributed by atoms with Gasteiger partial charge in [0, 0.05) is 33.6 Å². The van der Waals surface area contributed by atoms with Crippen molar-refractivity contribution in [3.05, 3.63) is 35.4 Å². The molecule has 26 heavy (non-hydrogen) atoms. The number of carbonyl (C=O) groups excluding carboxylic acids is 2. The van der Waals surface area contributed by atoms with Crippen LogP contribution < -0.4 is 5.32 Å². The lowest BCUT2D eigenvalue weighted by atomic mass is 10.1. The first-order valence-electron chi connectivity index (χ1n) is 8.77. The van der Waals surface area contributed by atoms with E-state index in [0.717, 1.165) is 12.0 Å². The zero-order chi connectivity index (χ0) is 19.7. The number of rotatable bonds is 10. The summed E-state index contributed by atoms with van der Waals surface area (Å²) in [6, 6.07) is 7.26. The zero-order valence-corrected chi connectivity index (χ0v) is 16.0. The molecule has 0 aliphatic rings. The maximum atomic E-state index is 12.5. The molecule has 1 aromatic rings. The van der Waals surface area contributed by atoms with Gasteiger partial charge in [0.05, 0.1) is 6.54 Å². The first kappa shape index (κ1) is 21.6. The van der Waals surface area contributed by atoms with Crippen LogP contribution in [0.4, 0.5) is 0 Å². The molecule has 0 aromatic heterocycles. The molecule has 0 heterocycles. The van der Waals surface area contributed by atoms with Crippen LogP contribution in [-0.4, -0.2) is 65.4 Å². The Morgan fingerprint density at radius 3 is 2.23 bits per heavy atom. The summed E-state index contributed by atoms with van der Waals surface area (Å²) in [6.45, 7) is 6.05. The van der Waals surface area contributed by atoms with Crippen molar-refractivity contribution in [2.24, 2.45) is 0 Å². The van der Waals surface area contributed by atoms with E-state index in [-0.39, 0.29) is 24.9 Å². The number of nitrogens with one attached hydrogen (secondary N) is 1. The van der Waals surface area contributed by atoms with E-state index in [0.29, 0.717) is 13.1 Å². The molecule has 0 radical (unpaired) electrons. The SMILES string of the molecule is CCc1ccc(CN(C)C(=O)CN(CCNC(C)=O)C(C)C(=O)O)cc1. The molecule has 0 saturated carbocycles. The Kier molecular flexibility index (Phi) is 8.78. The highest BCUT2D eigenvalue weighted by atomic mass is 16.4. The normalized spacial score (nSPS) is 11.9. The van der Waals surface area contributed by atoms with Gasteiger partial charge < -0.3 is 15.3 Å². The van der Waals surface area contributed by atoms with Crippen LogP contribution in [0.1, 0.15) is 31.9 Å². The van der Waals surface area contributed by atoms with Gasteiger partial charge in [0.25, 0.3) is 0 Å². The van der Waals surface area contributed by atoms with Crippen molar-refractivity contribution in [1.29, 1.82) is 0 Å². The maximum Gasteiger partial charge on any atom is 0.320 e. The van der Waals surface area contributed by atoms with Crippen molar-refractivity contribution in [2.75, 3.05) is 26.7 Å². The molecule has 1 aromatic carbocycles. The fourth-order valence-electron chi connectivity index (χ4n) is 2.48. The average Bonchev–Trinajstić information content (AvgIpc) is 2.60. The maximum absolute atomic E-state index is 12.5. The fourth-order valence-corrected chi connectivity index (χ4v) is 2.48. The Hall–Kier alpha value is -2.41. The van der Waals surface area contributed by atoms with Crippen LogP contribution in [0, 0.1) is 0 Å². The van der Waals surface area contributed by atoms with E-state index in [1.54, 1.807) is 16.8 Å². The largest absolute Gasteiger partial charge is 0.480 e. The monoisotopic (exact) mass is 363 g/mol. The average molecular weight is 363 g/mol. The van der Waals surface area contributed by atoms with E-state index < -0.39 is 12.0 Å². The summed E-state index contributed by atoms with van der Waals surface area (Å²) in [7, 11) is 1.70. The Balaban J connectivity index is 2.66. The van der Waals surface area contributed by atoms with Gasteiger partial charge in [-0.1, -0.05) is 31.2 Å². The minimum atomic E-state index is -1.00. The van der Waals surface area contributed by atoms with Gasteiger partial charge in [0.1, 0.15) is 6.04 Å². The predicted molar refractivity (Wildman–Crippen MR) is 99.6 cm³/mol. The van der Waals surface area contributed by atoms with Gasteiger partial charge in [0.2, 0.25) is 11.8 Å². The summed E-state index contributed by atoms with van der Waals surface area (Å²) < 4.78 is 0. The minimum Gasteiger partial charge on any atom is -0.480 e. The zero-order valence-electron chi connectivity index (χ0n) is 16.0. The number of aliphatic carboxylic acids is 1. The molecule has 0 aliphatic heterocycles. The molecule has 144 valence electrons. The summed E-state index contributed by atoms with van der Waals surface area (Å²) in [4.78, 5) is 37.9. The second-order valence-corrected chi connectivity index (χ2v) is 6.39. The Morgan fingerprint density at radius 2 is 1.73 bits per heavy atom. The van der Waals surface area contributed by atoms with Crippen molar-refractivity contribution in [3.8, 4) is 0 Å². The van der Waals surface area contributed by atoms with Crippen molar-refractivity contribution in [2.45, 2.75) is 39.8 Å². The number of carboxylic acids is 1. The molecule has 0 saturated heterocycles. The molecule has 7 heteroatoms. The molecule has 2 amide bonds. The third-order valence-corrected chi connectivity index (χ3v) is 4.29. The highest BCUT2D eigenvalue weighted by Gasteiger charge is 2.24. The molecular weight excluding hydrogens is 334 g/mol. The molecule has 1 unspecified atom stereocenters. The molecule has 7 nitrogen and oxygen atoms in total. The van der Waals surface area contributed by atoms with Crippen molar-refractivity contribution in [1.82, 2.24) is 15.1 Å². The van der Waals surface area contributed by atoms with Crippen molar-refractivity contribution in [3.63, 3.8) is 0 Å². The lowest BCUT2D eigenvalue weighted by Gasteiger charge is -2.28. The Morgan fingerprint density at radius 1 is 1.15 bits per heavy atom. The summed E-state index contributed by atoms with van der Waals surface area (Å²) in [5.74, 6) is -1.36. The van der Waals surface area contributed by atoms with Crippen molar-refractivity contribution < 1.29 is 19.5 Å². The number of likely N-dealkylation sites (N-methyl/N-ethyl adjacent to an activating group) is 1. The van der Waals surface area contributed by atoms with E-state index in [1.807, 2.05) is 24.3 Å². The van der Waals surface area contributed by atoms with Crippen molar-refractivity contribution >= 4 is 17.8 Å². The molecular formula is C19H29N3O4. The predicted octanol–water partition coefficient (Wildman–Crippen LogP) is 1.12. The fraction of sp³-hybridized carbons (Fsp3) is 0.526. The van der Waals surface area contributed by atoms with Gasteiger partial charge in [-0.05, 0) is 24.5 Å². The summed E-state index contributed by atoms with van der Waals surface area (Å²) in [5.41, 5.74) is 2.26. The number of hydrogen-bond donors (Lipinski definition) is 2. The lowest BCUT2D eigenvalue weighted by Crippen LogP contribution is -2.48. The number of aryl methyl sites for hydroxylation is 1. The molecule has 0 bridgehead atoms. The molecule has 2 N–H and O–H groups in total. The molecule has 0 aliphatic carbocycles. The van der Waals surface area contributed by atoms with Crippen LogP contribution in [0.2, 0.25) is 0 Å². The molecule has 1 atom stereocenters. The summed E-state index contributed by atoms with van der Waals surface area (Å²) in [6.07, 6.45) is 0.964. The van der Waals surface area contributed by atoms with Crippen LogP contribution >= 0.6 is 0 Å². The van der Waals surface area contributed by atoms with Crippen LogP contribution in [0.15, 0.2) is 24.3 Å². The quantitative estimate of drug-likeness (QED) is 0.650. The molecule has 1 rings (SSSR count). The van der Waals surface area contributed by atoms with E-state index in [2.05, 4.69) is 12.2 Å². The standard InChI is InChI=1S/C19H29N3O4/c1-5-16-6-8-17(9-7-16)12-21(4)18(24)13-22(14(2)19(25)26)11-10-20-15(3)23/h6-9,14H,5,10-13H2,1-4H3,(H,20,23)(H,25,26). The van der Waals surface area contributed by atoms with Gasteiger partial charge in [-0.2, -0.15) is 0 Å². The smallest absolute Gasteiger partial charge is 0.320 e. The first-order chi connectivity index (χ1) is 12.2. The number of amides is 2. The van der Waals surface area contributed by atoms with Gasteiger partial charge in [-0.3, -0.25) is 19.3 Å². The number of carbonyl (C=O) groups is 3.